The maximum atomic E-state index is 15.3. The number of fused-ring (bicyclic) bond motifs is 1. The predicted octanol–water partition coefficient (Wildman–Crippen LogP) is 5.82. The third-order valence-electron chi connectivity index (χ3n) is 5.95. The molecule has 5 rings (SSSR count). The maximum Gasteiger partial charge on any atom is 0.322 e. The Morgan fingerprint density at radius 2 is 1.79 bits per heavy atom. The van der Waals surface area contributed by atoms with Crippen LogP contribution in [0.2, 0.25) is 0 Å². The number of nitrogens with one attached hydrogen (secondary N) is 1. The summed E-state index contributed by atoms with van der Waals surface area (Å²) in [4.78, 5) is 32.5. The van der Waals surface area contributed by atoms with Gasteiger partial charge in [0.15, 0.2) is 17.4 Å². The number of ether oxygens (including phenoxy) is 1. The number of pyridine rings is 1. The molecule has 0 saturated heterocycles. The Bertz CT molecular complexity index is 1760. The minimum absolute atomic E-state index is 0.00159. The number of amides is 2. The summed E-state index contributed by atoms with van der Waals surface area (Å²) in [5.41, 5.74) is 9.51. The molecule has 2 amide bonds. The summed E-state index contributed by atoms with van der Waals surface area (Å²) in [6.45, 7) is 4.74. The van der Waals surface area contributed by atoms with E-state index in [1.54, 1.807) is 72.1 Å². The van der Waals surface area contributed by atoms with Crippen molar-refractivity contribution in [1.82, 2.24) is 14.4 Å². The molecule has 194 valence electrons. The highest BCUT2D eigenvalue weighted by molar-refractivity contribution is 6.11. The van der Waals surface area contributed by atoms with Gasteiger partial charge < -0.3 is 20.2 Å². The second kappa shape index (κ2) is 10.2. The first-order valence-corrected chi connectivity index (χ1v) is 11.7. The molecule has 2 aromatic carbocycles. The summed E-state index contributed by atoms with van der Waals surface area (Å²) < 4.78 is 35.7. The SMILES string of the molecule is C=C(F)C(=O)Nc1ccc(-c2c(-c3ccc(Oc4nccc(C)n4)c(F)c3)c(C(N)=O)c3ccccn23)cc1. The van der Waals surface area contributed by atoms with E-state index in [0.717, 1.165) is 0 Å². The lowest BCUT2D eigenvalue weighted by atomic mass is 9.96. The number of carbonyl (C=O) groups excluding carboxylic acids is 2. The van der Waals surface area contributed by atoms with Crippen LogP contribution in [0, 0.1) is 12.7 Å². The standard InChI is InChI=1S/C29H21F2N5O3/c1-16-12-13-33-29(34-16)39-23-11-8-19(15-21(23)31)24-25(27(32)37)22-5-3-4-14-36(22)26(24)18-6-9-20(10-7-18)35-28(38)17(2)30/h3-15H,2H2,1H3,(H2,32,37)(H,35,38). The van der Waals surface area contributed by atoms with Crippen molar-refractivity contribution in [2.24, 2.45) is 5.73 Å². The van der Waals surface area contributed by atoms with Crippen LogP contribution in [0.3, 0.4) is 0 Å². The third-order valence-corrected chi connectivity index (χ3v) is 5.95. The average molecular weight is 526 g/mol. The van der Waals surface area contributed by atoms with Gasteiger partial charge in [-0.15, -0.1) is 0 Å². The molecule has 0 aliphatic rings. The number of aryl methyl sites for hydroxylation is 1. The van der Waals surface area contributed by atoms with Gasteiger partial charge in [0.25, 0.3) is 11.8 Å². The van der Waals surface area contributed by atoms with Crippen LogP contribution >= 0.6 is 0 Å². The van der Waals surface area contributed by atoms with Gasteiger partial charge >= 0.3 is 6.01 Å². The third kappa shape index (κ3) is 4.95. The van der Waals surface area contributed by atoms with E-state index in [9.17, 15) is 14.0 Å². The first-order chi connectivity index (χ1) is 18.7. The lowest BCUT2D eigenvalue weighted by Gasteiger charge is -2.11. The van der Waals surface area contributed by atoms with Gasteiger partial charge in [0, 0.05) is 29.3 Å². The zero-order valence-corrected chi connectivity index (χ0v) is 20.6. The number of carbonyl (C=O) groups is 2. The van der Waals surface area contributed by atoms with E-state index in [1.807, 2.05) is 0 Å². The maximum absolute atomic E-state index is 15.3. The summed E-state index contributed by atoms with van der Waals surface area (Å²) in [6.07, 6.45) is 3.26. The number of halogens is 2. The molecule has 0 atom stereocenters. The van der Waals surface area contributed by atoms with Crippen LogP contribution in [0.25, 0.3) is 27.9 Å². The highest BCUT2D eigenvalue weighted by Crippen LogP contribution is 2.41. The number of anilines is 1. The van der Waals surface area contributed by atoms with Crippen molar-refractivity contribution in [3.63, 3.8) is 0 Å². The number of hydrogen-bond donors (Lipinski definition) is 2. The number of primary amides is 1. The molecular weight excluding hydrogens is 504 g/mol. The lowest BCUT2D eigenvalue weighted by molar-refractivity contribution is -0.114. The normalized spacial score (nSPS) is 10.8. The highest BCUT2D eigenvalue weighted by Gasteiger charge is 2.25. The van der Waals surface area contributed by atoms with Crippen molar-refractivity contribution in [2.45, 2.75) is 6.92 Å². The zero-order valence-electron chi connectivity index (χ0n) is 20.6. The van der Waals surface area contributed by atoms with Gasteiger partial charge in [-0.2, -0.15) is 0 Å². The van der Waals surface area contributed by atoms with Crippen LogP contribution in [-0.2, 0) is 4.79 Å². The molecule has 0 radical (unpaired) electrons. The number of nitrogens with two attached hydrogens (primary N) is 1. The van der Waals surface area contributed by atoms with Crippen molar-refractivity contribution < 1.29 is 23.1 Å². The van der Waals surface area contributed by atoms with Gasteiger partial charge in [0.2, 0.25) is 0 Å². The molecule has 0 fully saturated rings. The Kier molecular flexibility index (Phi) is 6.59. The summed E-state index contributed by atoms with van der Waals surface area (Å²) in [6, 6.07) is 17.8. The van der Waals surface area contributed by atoms with Crippen LogP contribution < -0.4 is 15.8 Å². The van der Waals surface area contributed by atoms with Crippen LogP contribution in [-0.4, -0.2) is 26.2 Å². The average Bonchev–Trinajstić information content (AvgIpc) is 3.26. The fourth-order valence-corrected chi connectivity index (χ4v) is 4.25. The van der Waals surface area contributed by atoms with Crippen LogP contribution in [0.1, 0.15) is 16.1 Å². The number of hydrogen-bond acceptors (Lipinski definition) is 5. The molecule has 0 unspecified atom stereocenters. The van der Waals surface area contributed by atoms with E-state index < -0.39 is 23.5 Å². The summed E-state index contributed by atoms with van der Waals surface area (Å²) in [7, 11) is 0. The number of rotatable bonds is 7. The van der Waals surface area contributed by atoms with Crippen molar-refractivity contribution in [2.75, 3.05) is 5.32 Å². The molecule has 3 aromatic heterocycles. The second-order valence-corrected chi connectivity index (χ2v) is 8.58. The minimum atomic E-state index is -1.12. The molecule has 0 aliphatic carbocycles. The van der Waals surface area contributed by atoms with E-state index in [4.69, 9.17) is 10.5 Å². The Hall–Kier alpha value is -5.38. The van der Waals surface area contributed by atoms with Crippen LogP contribution in [0.4, 0.5) is 14.5 Å². The lowest BCUT2D eigenvalue weighted by Crippen LogP contribution is -2.11. The Balaban J connectivity index is 1.64. The monoisotopic (exact) mass is 525 g/mol. The van der Waals surface area contributed by atoms with Crippen molar-refractivity contribution in [3.8, 4) is 34.1 Å². The van der Waals surface area contributed by atoms with Gasteiger partial charge in [0.05, 0.1) is 16.8 Å². The molecule has 0 bridgehead atoms. The van der Waals surface area contributed by atoms with Gasteiger partial charge in [0.1, 0.15) is 0 Å². The number of aromatic nitrogens is 3. The second-order valence-electron chi connectivity index (χ2n) is 8.58. The van der Waals surface area contributed by atoms with Gasteiger partial charge in [-0.3, -0.25) is 9.59 Å². The predicted molar refractivity (Wildman–Crippen MR) is 142 cm³/mol. The number of benzene rings is 2. The molecule has 3 N–H and O–H groups in total. The molecule has 8 nitrogen and oxygen atoms in total. The van der Waals surface area contributed by atoms with Crippen molar-refractivity contribution >= 4 is 23.0 Å². The van der Waals surface area contributed by atoms with Gasteiger partial charge in [-0.1, -0.05) is 30.8 Å². The molecular formula is C29H21F2N5O3. The first-order valence-electron chi connectivity index (χ1n) is 11.7. The topological polar surface area (TPSA) is 112 Å². The minimum Gasteiger partial charge on any atom is -0.421 e. The molecule has 5 aromatic rings. The fraction of sp³-hybridized carbons (Fsp3) is 0.0345. The molecule has 3 heterocycles. The van der Waals surface area contributed by atoms with E-state index in [-0.39, 0.29) is 17.3 Å². The molecule has 10 heteroatoms. The van der Waals surface area contributed by atoms with Gasteiger partial charge in [-0.05, 0) is 60.5 Å². The molecule has 0 saturated carbocycles. The number of nitrogens with zero attached hydrogens (tertiary/aromatic N) is 3. The molecule has 39 heavy (non-hydrogen) atoms. The van der Waals surface area contributed by atoms with Crippen molar-refractivity contribution in [1.29, 1.82) is 0 Å². The van der Waals surface area contributed by atoms with E-state index >= 15 is 4.39 Å². The summed E-state index contributed by atoms with van der Waals surface area (Å²) in [5, 5.41) is 2.40. The Morgan fingerprint density at radius 3 is 2.46 bits per heavy atom. The van der Waals surface area contributed by atoms with E-state index in [1.165, 1.54) is 18.3 Å². The van der Waals surface area contributed by atoms with Gasteiger partial charge in [-0.25, -0.2) is 18.7 Å². The Morgan fingerprint density at radius 1 is 1.05 bits per heavy atom. The quantitative estimate of drug-likeness (QED) is 0.260. The van der Waals surface area contributed by atoms with Crippen molar-refractivity contribution in [3.05, 3.63) is 109 Å². The van der Waals surface area contributed by atoms with E-state index in [2.05, 4.69) is 21.9 Å². The first kappa shape index (κ1) is 25.3. The molecule has 0 aliphatic heterocycles. The van der Waals surface area contributed by atoms with Crippen LogP contribution in [0.5, 0.6) is 11.8 Å². The smallest absolute Gasteiger partial charge is 0.322 e. The fourth-order valence-electron chi connectivity index (χ4n) is 4.25. The summed E-state index contributed by atoms with van der Waals surface area (Å²) >= 11 is 0. The summed E-state index contributed by atoms with van der Waals surface area (Å²) in [5.74, 6) is -3.56. The molecule has 0 spiro atoms. The van der Waals surface area contributed by atoms with E-state index in [0.29, 0.717) is 39.3 Å². The highest BCUT2D eigenvalue weighted by atomic mass is 19.1. The largest absolute Gasteiger partial charge is 0.421 e. The zero-order chi connectivity index (χ0) is 27.7. The Labute approximate surface area is 221 Å². The van der Waals surface area contributed by atoms with Crippen LogP contribution in [0.15, 0.2) is 91.5 Å².